The molecule has 1 fully saturated rings. The van der Waals surface area contributed by atoms with Crippen LogP contribution in [0.5, 0.6) is 0 Å². The number of carbonyl (C=O) groups excluding carboxylic acids is 1. The van der Waals surface area contributed by atoms with Gasteiger partial charge in [-0.05, 0) is 37.8 Å². The molecule has 1 unspecified atom stereocenters. The van der Waals surface area contributed by atoms with E-state index in [2.05, 4.69) is 16.0 Å². The van der Waals surface area contributed by atoms with Gasteiger partial charge in [-0.25, -0.2) is 9.97 Å². The number of imidazole rings is 1. The van der Waals surface area contributed by atoms with E-state index in [1.807, 2.05) is 34.9 Å². The number of aryl methyl sites for hydroxylation is 1. The molecule has 110 valence electrons. The highest BCUT2D eigenvalue weighted by Gasteiger charge is 2.25. The van der Waals surface area contributed by atoms with Gasteiger partial charge in [-0.2, -0.15) is 0 Å². The maximum absolute atomic E-state index is 11.8. The van der Waals surface area contributed by atoms with Crippen LogP contribution in [0.25, 0.3) is 5.82 Å². The third kappa shape index (κ3) is 2.68. The van der Waals surface area contributed by atoms with E-state index in [1.165, 1.54) is 0 Å². The van der Waals surface area contributed by atoms with Crippen molar-refractivity contribution in [3.8, 4) is 5.82 Å². The summed E-state index contributed by atoms with van der Waals surface area (Å²) in [6.07, 6.45) is 8.83. The Hall–Kier alpha value is -2.17. The molecule has 3 heterocycles. The van der Waals surface area contributed by atoms with Crippen LogP contribution >= 0.6 is 0 Å². The summed E-state index contributed by atoms with van der Waals surface area (Å²) in [4.78, 5) is 22.5. The number of piperidine rings is 1. The fraction of sp³-hybridized carbons (Fsp3) is 0.438. The lowest BCUT2D eigenvalue weighted by atomic mass is 9.96. The molecule has 0 spiro atoms. The molecule has 0 radical (unpaired) electrons. The Morgan fingerprint density at radius 3 is 2.76 bits per heavy atom. The van der Waals surface area contributed by atoms with Gasteiger partial charge in [-0.15, -0.1) is 0 Å². The van der Waals surface area contributed by atoms with Crippen LogP contribution in [0.3, 0.4) is 0 Å². The zero-order valence-corrected chi connectivity index (χ0v) is 12.5. The van der Waals surface area contributed by atoms with Crippen molar-refractivity contribution < 1.29 is 4.79 Å². The number of aromatic nitrogens is 3. The van der Waals surface area contributed by atoms with Crippen molar-refractivity contribution >= 4 is 5.91 Å². The lowest BCUT2D eigenvalue weighted by Gasteiger charge is -2.35. The summed E-state index contributed by atoms with van der Waals surface area (Å²) in [6, 6.07) is 4.24. The van der Waals surface area contributed by atoms with Gasteiger partial charge in [-0.3, -0.25) is 9.36 Å². The molecule has 5 nitrogen and oxygen atoms in total. The molecule has 0 saturated carbocycles. The molecular formula is C16H20N4O. The Morgan fingerprint density at radius 2 is 2.14 bits per heavy atom. The second-order valence-corrected chi connectivity index (χ2v) is 5.52. The third-order valence-corrected chi connectivity index (χ3v) is 4.14. The highest BCUT2D eigenvalue weighted by molar-refractivity contribution is 5.74. The number of likely N-dealkylation sites (tertiary alicyclic amines) is 1. The van der Waals surface area contributed by atoms with Gasteiger partial charge in [0.2, 0.25) is 5.91 Å². The highest BCUT2D eigenvalue weighted by Crippen LogP contribution is 2.30. The van der Waals surface area contributed by atoms with Gasteiger partial charge >= 0.3 is 0 Å². The predicted molar refractivity (Wildman–Crippen MR) is 80.1 cm³/mol. The molecule has 0 N–H and O–H groups in total. The fourth-order valence-electron chi connectivity index (χ4n) is 3.01. The van der Waals surface area contributed by atoms with Gasteiger partial charge in [0.05, 0.1) is 6.04 Å². The Labute approximate surface area is 124 Å². The van der Waals surface area contributed by atoms with E-state index in [9.17, 15) is 4.79 Å². The van der Waals surface area contributed by atoms with Gasteiger partial charge in [0.15, 0.2) is 0 Å². The number of nitrogens with zero attached hydrogens (tertiary/aromatic N) is 4. The second kappa shape index (κ2) is 5.68. The molecule has 0 bridgehead atoms. The standard InChI is InChI=1S/C16H20N4O/c1-12-17-8-10-19(12)16-7-6-14(11-18-16)15-5-3-4-9-20(15)13(2)21/h6-8,10-11,15H,3-5,9H2,1-2H3. The normalized spacial score (nSPS) is 18.8. The largest absolute Gasteiger partial charge is 0.336 e. The maximum Gasteiger partial charge on any atom is 0.219 e. The molecule has 1 amide bonds. The number of pyridine rings is 1. The lowest BCUT2D eigenvalue weighted by Crippen LogP contribution is -2.36. The monoisotopic (exact) mass is 284 g/mol. The van der Waals surface area contributed by atoms with Crippen LogP contribution in [0.4, 0.5) is 0 Å². The van der Waals surface area contributed by atoms with Crippen LogP contribution in [0.15, 0.2) is 30.7 Å². The number of carbonyl (C=O) groups is 1. The summed E-state index contributed by atoms with van der Waals surface area (Å²) in [7, 11) is 0. The predicted octanol–water partition coefficient (Wildman–Crippen LogP) is 2.65. The van der Waals surface area contributed by atoms with E-state index in [-0.39, 0.29) is 11.9 Å². The Bertz CT molecular complexity index is 632. The van der Waals surface area contributed by atoms with E-state index < -0.39 is 0 Å². The molecule has 21 heavy (non-hydrogen) atoms. The third-order valence-electron chi connectivity index (χ3n) is 4.14. The van der Waals surface area contributed by atoms with Gasteiger partial charge in [0, 0.05) is 32.1 Å². The molecule has 1 aliphatic heterocycles. The van der Waals surface area contributed by atoms with Crippen molar-refractivity contribution in [1.82, 2.24) is 19.4 Å². The van der Waals surface area contributed by atoms with Crippen LogP contribution < -0.4 is 0 Å². The Kier molecular flexibility index (Phi) is 3.73. The SMILES string of the molecule is CC(=O)N1CCCCC1c1ccc(-n2ccnc2C)nc1. The van der Waals surface area contributed by atoms with Crippen molar-refractivity contribution in [3.63, 3.8) is 0 Å². The van der Waals surface area contributed by atoms with E-state index in [4.69, 9.17) is 0 Å². The van der Waals surface area contributed by atoms with Gasteiger partial charge < -0.3 is 4.90 Å². The summed E-state index contributed by atoms with van der Waals surface area (Å²) >= 11 is 0. The molecule has 0 aliphatic carbocycles. The van der Waals surface area contributed by atoms with Crippen LogP contribution in [-0.4, -0.2) is 31.9 Å². The van der Waals surface area contributed by atoms with Crippen LogP contribution in [-0.2, 0) is 4.79 Å². The van der Waals surface area contributed by atoms with E-state index in [0.29, 0.717) is 0 Å². The minimum Gasteiger partial charge on any atom is -0.336 e. The van der Waals surface area contributed by atoms with Crippen LogP contribution in [0.2, 0.25) is 0 Å². The summed E-state index contributed by atoms with van der Waals surface area (Å²) in [6.45, 7) is 4.45. The lowest BCUT2D eigenvalue weighted by molar-refractivity contribution is -0.132. The number of rotatable bonds is 2. The molecule has 1 saturated heterocycles. The minimum absolute atomic E-state index is 0.147. The van der Waals surface area contributed by atoms with E-state index in [0.717, 1.165) is 43.0 Å². The Balaban J connectivity index is 1.86. The highest BCUT2D eigenvalue weighted by atomic mass is 16.2. The molecule has 2 aromatic heterocycles. The smallest absolute Gasteiger partial charge is 0.219 e. The van der Waals surface area contributed by atoms with Gasteiger partial charge in [0.1, 0.15) is 11.6 Å². The van der Waals surface area contributed by atoms with Crippen molar-refractivity contribution in [2.24, 2.45) is 0 Å². The topological polar surface area (TPSA) is 51.0 Å². The van der Waals surface area contributed by atoms with Crippen molar-refractivity contribution in [1.29, 1.82) is 0 Å². The van der Waals surface area contributed by atoms with Gasteiger partial charge in [-0.1, -0.05) is 6.07 Å². The number of hydrogen-bond donors (Lipinski definition) is 0. The molecule has 1 aliphatic rings. The molecule has 0 aromatic carbocycles. The van der Waals surface area contributed by atoms with Crippen molar-refractivity contribution in [3.05, 3.63) is 42.1 Å². The summed E-state index contributed by atoms with van der Waals surface area (Å²) in [5.74, 6) is 1.92. The van der Waals surface area contributed by atoms with E-state index >= 15 is 0 Å². The molecule has 3 rings (SSSR count). The van der Waals surface area contributed by atoms with E-state index in [1.54, 1.807) is 13.1 Å². The fourth-order valence-corrected chi connectivity index (χ4v) is 3.01. The Morgan fingerprint density at radius 1 is 1.29 bits per heavy atom. The first-order valence-electron chi connectivity index (χ1n) is 7.40. The first kappa shape index (κ1) is 13.8. The summed E-state index contributed by atoms with van der Waals surface area (Å²) in [5, 5.41) is 0. The minimum atomic E-state index is 0.147. The number of hydrogen-bond acceptors (Lipinski definition) is 3. The molecular weight excluding hydrogens is 264 g/mol. The second-order valence-electron chi connectivity index (χ2n) is 5.52. The van der Waals surface area contributed by atoms with Crippen molar-refractivity contribution in [2.45, 2.75) is 39.2 Å². The molecule has 1 atom stereocenters. The zero-order valence-electron chi connectivity index (χ0n) is 12.5. The van der Waals surface area contributed by atoms with Crippen LogP contribution in [0, 0.1) is 6.92 Å². The molecule has 2 aromatic rings. The first-order valence-corrected chi connectivity index (χ1v) is 7.40. The average Bonchev–Trinajstić information content (AvgIpc) is 2.93. The quantitative estimate of drug-likeness (QED) is 0.852. The first-order chi connectivity index (χ1) is 10.2. The maximum atomic E-state index is 11.8. The van der Waals surface area contributed by atoms with Crippen LogP contribution in [0.1, 0.15) is 43.6 Å². The average molecular weight is 284 g/mol. The number of amides is 1. The summed E-state index contributed by atoms with van der Waals surface area (Å²) in [5.41, 5.74) is 1.12. The zero-order chi connectivity index (χ0) is 14.8. The molecule has 5 heteroatoms. The van der Waals surface area contributed by atoms with Crippen molar-refractivity contribution in [2.75, 3.05) is 6.54 Å². The van der Waals surface area contributed by atoms with Gasteiger partial charge in [0.25, 0.3) is 0 Å². The summed E-state index contributed by atoms with van der Waals surface area (Å²) < 4.78 is 1.95.